The zero-order chi connectivity index (χ0) is 23.7. The van der Waals surface area contributed by atoms with E-state index in [2.05, 4.69) is 15.6 Å². The van der Waals surface area contributed by atoms with Crippen LogP contribution in [0.1, 0.15) is 13.8 Å². The normalized spacial score (nSPS) is 11.7. The third kappa shape index (κ3) is 4.79. The summed E-state index contributed by atoms with van der Waals surface area (Å²) in [6.07, 6.45) is 0. The van der Waals surface area contributed by atoms with Gasteiger partial charge < -0.3 is 16.4 Å². The van der Waals surface area contributed by atoms with Gasteiger partial charge in [-0.15, -0.1) is 0 Å². The first-order valence-corrected chi connectivity index (χ1v) is 12.7. The van der Waals surface area contributed by atoms with Crippen molar-refractivity contribution in [3.63, 3.8) is 0 Å². The maximum absolute atomic E-state index is 13.2. The Kier molecular flexibility index (Phi) is 6.34. The number of sulfone groups is 2. The Balaban J connectivity index is 2.04. The molecule has 32 heavy (non-hydrogen) atoms. The summed E-state index contributed by atoms with van der Waals surface area (Å²) in [5, 5.41) is 4.11. The van der Waals surface area contributed by atoms with E-state index in [0.29, 0.717) is 22.7 Å². The van der Waals surface area contributed by atoms with Gasteiger partial charge in [0.2, 0.25) is 31.5 Å². The minimum atomic E-state index is -4.34. The molecule has 0 radical (unpaired) electrons. The Morgan fingerprint density at radius 3 is 1.59 bits per heavy atom. The van der Waals surface area contributed by atoms with Crippen LogP contribution in [-0.4, -0.2) is 33.6 Å². The molecule has 2 amide bonds. The van der Waals surface area contributed by atoms with Gasteiger partial charge in [0.05, 0.1) is 9.79 Å². The fourth-order valence-electron chi connectivity index (χ4n) is 2.71. The molecule has 1 heterocycles. The van der Waals surface area contributed by atoms with Gasteiger partial charge >= 0.3 is 0 Å². The second-order valence-electron chi connectivity index (χ2n) is 6.56. The molecule has 0 spiro atoms. The monoisotopic (exact) mass is 494 g/mol. The molecule has 0 saturated carbocycles. The van der Waals surface area contributed by atoms with Crippen LogP contribution in [-0.2, 0) is 29.3 Å². The summed E-state index contributed by atoms with van der Waals surface area (Å²) in [7, 11) is -8.62. The first-order chi connectivity index (χ1) is 14.9. The summed E-state index contributed by atoms with van der Waals surface area (Å²) in [6, 6.07) is 10.5. The Morgan fingerprint density at radius 1 is 0.781 bits per heavy atom. The molecule has 0 aliphatic carbocycles. The Hall–Kier alpha value is -3.29. The van der Waals surface area contributed by atoms with Crippen molar-refractivity contribution in [3.05, 3.63) is 48.5 Å². The molecule has 0 aliphatic rings. The highest BCUT2D eigenvalue weighted by atomic mass is 32.2. The van der Waals surface area contributed by atoms with Crippen molar-refractivity contribution < 1.29 is 26.4 Å². The quantitative estimate of drug-likeness (QED) is 0.469. The van der Waals surface area contributed by atoms with E-state index in [4.69, 9.17) is 5.73 Å². The minimum absolute atomic E-state index is 0.187. The summed E-state index contributed by atoms with van der Waals surface area (Å²) >= 11 is 0.537. The molecule has 168 valence electrons. The Morgan fingerprint density at radius 2 is 1.19 bits per heavy atom. The number of carbonyl (C=O) groups excluding carboxylic acids is 2. The smallest absolute Gasteiger partial charge is 0.226 e. The molecule has 1 aromatic heterocycles. The van der Waals surface area contributed by atoms with E-state index in [1.807, 2.05) is 0 Å². The fraction of sp³-hybridized carbons (Fsp3) is 0.105. The van der Waals surface area contributed by atoms with Gasteiger partial charge in [-0.25, -0.2) is 21.8 Å². The highest BCUT2D eigenvalue weighted by Crippen LogP contribution is 2.36. The zero-order valence-corrected chi connectivity index (χ0v) is 19.3. The van der Waals surface area contributed by atoms with Crippen molar-refractivity contribution in [1.82, 2.24) is 4.98 Å². The molecule has 0 aliphatic heterocycles. The number of nitrogens with zero attached hydrogens (tertiary/aromatic N) is 1. The van der Waals surface area contributed by atoms with Crippen molar-refractivity contribution >= 4 is 59.3 Å². The van der Waals surface area contributed by atoms with Gasteiger partial charge in [-0.2, -0.15) is 0 Å². The number of nitrogen functional groups attached to an aromatic ring is 1. The van der Waals surface area contributed by atoms with Gasteiger partial charge in [-0.1, -0.05) is 11.3 Å². The van der Waals surface area contributed by atoms with Gasteiger partial charge in [0.25, 0.3) is 0 Å². The molecule has 0 unspecified atom stereocenters. The van der Waals surface area contributed by atoms with E-state index in [1.54, 1.807) is 0 Å². The number of nitrogens with one attached hydrogen (secondary N) is 2. The van der Waals surface area contributed by atoms with Gasteiger partial charge in [-0.05, 0) is 48.5 Å². The molecule has 3 rings (SSSR count). The lowest BCUT2D eigenvalue weighted by atomic mass is 10.3. The second kappa shape index (κ2) is 8.68. The first kappa shape index (κ1) is 23.4. The van der Waals surface area contributed by atoms with Crippen LogP contribution in [0.3, 0.4) is 0 Å². The van der Waals surface area contributed by atoms with Gasteiger partial charge in [0, 0.05) is 25.2 Å². The average Bonchev–Trinajstić information content (AvgIpc) is 3.11. The lowest BCUT2D eigenvalue weighted by molar-refractivity contribution is -0.115. The predicted molar refractivity (Wildman–Crippen MR) is 119 cm³/mol. The van der Waals surface area contributed by atoms with E-state index in [9.17, 15) is 26.4 Å². The van der Waals surface area contributed by atoms with Gasteiger partial charge in [-0.3, -0.25) is 9.59 Å². The number of carbonyl (C=O) groups is 2. The maximum Gasteiger partial charge on any atom is 0.226 e. The van der Waals surface area contributed by atoms with E-state index < -0.39 is 28.9 Å². The van der Waals surface area contributed by atoms with Crippen molar-refractivity contribution in [2.75, 3.05) is 16.4 Å². The van der Waals surface area contributed by atoms with Crippen LogP contribution in [0.25, 0.3) is 0 Å². The molecule has 2 aromatic carbocycles. The largest absolute Gasteiger partial charge is 0.375 e. The highest BCUT2D eigenvalue weighted by Gasteiger charge is 2.34. The Bertz CT molecular complexity index is 1290. The van der Waals surface area contributed by atoms with Gasteiger partial charge in [0.15, 0.2) is 14.4 Å². The molecule has 3 aromatic rings. The highest BCUT2D eigenvalue weighted by molar-refractivity contribution is 7.96. The number of aromatic nitrogens is 1. The topological polar surface area (TPSA) is 165 Å². The number of nitrogens with two attached hydrogens (primary N) is 1. The molecule has 4 N–H and O–H groups in total. The van der Waals surface area contributed by atoms with Crippen molar-refractivity contribution in [1.29, 1.82) is 0 Å². The fourth-order valence-corrected chi connectivity index (χ4v) is 7.46. The zero-order valence-electron chi connectivity index (χ0n) is 16.8. The standard InChI is InChI=1S/C19H18N4O6S3/c1-11(24)21-13-3-7-15(8-4-13)31(26,27)17-18(30-19(20)23-17)32(28,29)16-9-5-14(6-10-16)22-12(2)25/h3-10H,1-2H3,(H2,20,23)(H,21,24)(H,22,25). The van der Waals surface area contributed by atoms with Crippen LogP contribution < -0.4 is 16.4 Å². The third-order valence-electron chi connectivity index (χ3n) is 4.05. The predicted octanol–water partition coefficient (Wildman–Crippen LogP) is 2.31. The number of amides is 2. The Labute approximate surface area is 188 Å². The minimum Gasteiger partial charge on any atom is -0.375 e. The number of benzene rings is 2. The van der Waals surface area contributed by atoms with E-state index in [1.165, 1.54) is 62.4 Å². The van der Waals surface area contributed by atoms with Crippen molar-refractivity contribution in [2.24, 2.45) is 0 Å². The lowest BCUT2D eigenvalue weighted by Crippen LogP contribution is -2.10. The summed E-state index contributed by atoms with van der Waals surface area (Å²) in [5.74, 6) is -0.653. The van der Waals surface area contributed by atoms with E-state index in [-0.39, 0.29) is 26.7 Å². The summed E-state index contributed by atoms with van der Waals surface area (Å²) in [6.45, 7) is 2.62. The second-order valence-corrected chi connectivity index (χ2v) is 11.6. The van der Waals surface area contributed by atoms with Gasteiger partial charge in [0.1, 0.15) is 0 Å². The summed E-state index contributed by atoms with van der Waals surface area (Å²) < 4.78 is 52.1. The van der Waals surface area contributed by atoms with E-state index in [0.717, 1.165) is 0 Å². The van der Waals surface area contributed by atoms with Crippen LogP contribution in [0.5, 0.6) is 0 Å². The maximum atomic E-state index is 13.2. The SMILES string of the molecule is CC(=O)Nc1ccc(S(=O)(=O)c2nc(N)sc2S(=O)(=O)c2ccc(NC(C)=O)cc2)cc1. The molecule has 13 heteroatoms. The molecule has 0 atom stereocenters. The lowest BCUT2D eigenvalue weighted by Gasteiger charge is -2.08. The van der Waals surface area contributed by atoms with Crippen LogP contribution in [0.4, 0.5) is 16.5 Å². The number of thiazole rings is 1. The molecule has 0 fully saturated rings. The van der Waals surface area contributed by atoms with Crippen LogP contribution in [0, 0.1) is 0 Å². The van der Waals surface area contributed by atoms with Crippen LogP contribution >= 0.6 is 11.3 Å². The molecule has 0 bridgehead atoms. The number of hydrogen-bond donors (Lipinski definition) is 3. The first-order valence-electron chi connectivity index (χ1n) is 8.93. The third-order valence-corrected chi connectivity index (χ3v) is 9.17. The van der Waals surface area contributed by atoms with Crippen LogP contribution in [0.15, 0.2) is 67.6 Å². The molecular weight excluding hydrogens is 476 g/mol. The average molecular weight is 495 g/mol. The summed E-state index contributed by atoms with van der Waals surface area (Å²) in [4.78, 5) is 25.7. The molecule has 0 saturated heterocycles. The summed E-state index contributed by atoms with van der Waals surface area (Å²) in [5.41, 5.74) is 6.43. The van der Waals surface area contributed by atoms with Crippen molar-refractivity contribution in [2.45, 2.75) is 32.9 Å². The van der Waals surface area contributed by atoms with E-state index >= 15 is 0 Å². The number of anilines is 3. The number of rotatable bonds is 6. The van der Waals surface area contributed by atoms with Crippen molar-refractivity contribution in [3.8, 4) is 0 Å². The molecular formula is C19H18N4O6S3. The molecule has 10 nitrogen and oxygen atoms in total. The number of hydrogen-bond acceptors (Lipinski definition) is 9. The van der Waals surface area contributed by atoms with Crippen LogP contribution in [0.2, 0.25) is 0 Å².